The van der Waals surface area contributed by atoms with Crippen LogP contribution >= 0.6 is 11.6 Å². The van der Waals surface area contributed by atoms with Gasteiger partial charge in [0.15, 0.2) is 0 Å². The molecule has 1 atom stereocenters. The van der Waals surface area contributed by atoms with Crippen molar-refractivity contribution in [2.45, 2.75) is 13.5 Å². The van der Waals surface area contributed by atoms with Crippen molar-refractivity contribution in [1.29, 1.82) is 0 Å². The van der Waals surface area contributed by atoms with Crippen LogP contribution in [0.15, 0.2) is 24.3 Å². The number of carbonyl (C=O) groups excluding carboxylic acids is 1. The zero-order valence-corrected chi connectivity index (χ0v) is 10.5. The average molecular weight is 303 g/mol. The van der Waals surface area contributed by atoms with Gasteiger partial charge in [-0.15, -0.1) is 0 Å². The number of benzene rings is 1. The highest BCUT2D eigenvalue weighted by Crippen LogP contribution is 2.18. The van der Waals surface area contributed by atoms with Gasteiger partial charge in [0.1, 0.15) is 11.9 Å². The molecule has 0 fully saturated rings. The third-order valence-corrected chi connectivity index (χ3v) is 2.50. The van der Waals surface area contributed by atoms with Crippen molar-refractivity contribution < 1.29 is 19.1 Å². The Morgan fingerprint density at radius 1 is 1.50 bits per heavy atom. The molecule has 5 nitrogen and oxygen atoms in total. The van der Waals surface area contributed by atoms with Gasteiger partial charge in [-0.25, -0.2) is 4.39 Å². The van der Waals surface area contributed by atoms with Crippen molar-refractivity contribution in [3.63, 3.8) is 0 Å². The topological polar surface area (TPSA) is 92.4 Å². The van der Waals surface area contributed by atoms with Crippen LogP contribution in [0.5, 0.6) is 0 Å². The Morgan fingerprint density at radius 3 is 2.75 bits per heavy atom. The van der Waals surface area contributed by atoms with Crippen LogP contribution in [-0.4, -0.2) is 29.6 Å². The second kappa shape index (κ2) is 8.29. The van der Waals surface area contributed by atoms with Crippen LogP contribution in [0.1, 0.15) is 13.0 Å². The fourth-order valence-corrected chi connectivity index (χ4v) is 1.35. The predicted octanol–water partition coefficient (Wildman–Crippen LogP) is 1.66. The number of halogens is 2. The van der Waals surface area contributed by atoms with Crippen LogP contribution in [0, 0.1) is 5.82 Å². The summed E-state index contributed by atoms with van der Waals surface area (Å²) < 4.78 is 13.5. The van der Waals surface area contributed by atoms with E-state index in [1.54, 1.807) is 6.07 Å². The predicted molar refractivity (Wildman–Crippen MR) is 75.8 cm³/mol. The number of nitrogens with one attached hydrogen (secondary N) is 1. The van der Waals surface area contributed by atoms with Crippen molar-refractivity contribution in [3.05, 3.63) is 40.7 Å². The largest absolute Gasteiger partial charge is 0.480 e. The molecule has 0 unspecified atom stereocenters. The molecule has 0 spiro atoms. The molecule has 0 aliphatic carbocycles. The summed E-state index contributed by atoms with van der Waals surface area (Å²) in [4.78, 5) is 21.8. The molecule has 0 saturated carbocycles. The molecule has 0 aromatic heterocycles. The van der Waals surface area contributed by atoms with E-state index in [-0.39, 0.29) is 24.6 Å². The molecular formula is C13H16ClFN2O3. The number of hydrogen-bond acceptors (Lipinski definition) is 3. The number of rotatable bonds is 5. The molecule has 0 aliphatic heterocycles. The van der Waals surface area contributed by atoms with E-state index in [0.717, 1.165) is 6.08 Å². The smallest absolute Gasteiger partial charge is 0.322 e. The maximum atomic E-state index is 13.5. The lowest BCUT2D eigenvalue weighted by molar-refractivity contribution is -0.138. The normalized spacial score (nSPS) is 11.8. The van der Waals surface area contributed by atoms with Crippen molar-refractivity contribution in [1.82, 2.24) is 5.32 Å². The summed E-state index contributed by atoms with van der Waals surface area (Å²) in [6.45, 7) is -0.212. The van der Waals surface area contributed by atoms with Gasteiger partial charge in [-0.3, -0.25) is 9.59 Å². The van der Waals surface area contributed by atoms with Crippen LogP contribution in [0.3, 0.4) is 0 Å². The number of nitrogens with two attached hydrogens (primary N) is 1. The summed E-state index contributed by atoms with van der Waals surface area (Å²) in [6, 6.07) is 3.21. The number of amides is 1. The van der Waals surface area contributed by atoms with E-state index < -0.39 is 23.7 Å². The average Bonchev–Trinajstić information content (AvgIpc) is 2.37. The van der Waals surface area contributed by atoms with Crippen LogP contribution < -0.4 is 11.1 Å². The van der Waals surface area contributed by atoms with Gasteiger partial charge in [0.2, 0.25) is 5.91 Å². The number of aliphatic carboxylic acids is 1. The van der Waals surface area contributed by atoms with E-state index in [0.29, 0.717) is 0 Å². The second-order valence-corrected chi connectivity index (χ2v) is 4.07. The zero-order valence-electron chi connectivity index (χ0n) is 9.77. The van der Waals surface area contributed by atoms with Gasteiger partial charge in [-0.1, -0.05) is 31.2 Å². The zero-order chi connectivity index (χ0) is 14.4. The molecule has 1 amide bonds. The van der Waals surface area contributed by atoms with Crippen LogP contribution in [-0.2, 0) is 9.59 Å². The first-order valence-electron chi connectivity index (χ1n) is 5.30. The second-order valence-electron chi connectivity index (χ2n) is 3.67. The molecule has 20 heavy (non-hydrogen) atoms. The van der Waals surface area contributed by atoms with Crippen LogP contribution in [0.25, 0.3) is 6.08 Å². The number of carboxylic acid groups (broad SMARTS) is 1. The minimum atomic E-state index is -1.22. The molecule has 7 heteroatoms. The minimum Gasteiger partial charge on any atom is -0.480 e. The molecule has 4 N–H and O–H groups in total. The van der Waals surface area contributed by atoms with Crippen LogP contribution in [0.2, 0.25) is 5.02 Å². The Balaban J connectivity index is 0.00000361. The van der Waals surface area contributed by atoms with Gasteiger partial charge < -0.3 is 16.2 Å². The van der Waals surface area contributed by atoms with Crippen LogP contribution in [0.4, 0.5) is 4.39 Å². The van der Waals surface area contributed by atoms with E-state index in [9.17, 15) is 14.0 Å². The summed E-state index contributed by atoms with van der Waals surface area (Å²) in [5.41, 5.74) is 5.36. The highest BCUT2D eigenvalue weighted by molar-refractivity contribution is 6.30. The molecule has 0 heterocycles. The third-order valence-electron chi connectivity index (χ3n) is 2.21. The lowest BCUT2D eigenvalue weighted by Crippen LogP contribution is -2.41. The monoisotopic (exact) mass is 302 g/mol. The van der Waals surface area contributed by atoms with Gasteiger partial charge in [0.25, 0.3) is 0 Å². The SMILES string of the molecule is C.N[C@@H](CNC(=O)/C=C/c1cccc(Cl)c1F)C(=O)O. The molecule has 0 saturated heterocycles. The van der Waals surface area contributed by atoms with E-state index >= 15 is 0 Å². The lowest BCUT2D eigenvalue weighted by Gasteiger charge is -2.06. The van der Waals surface area contributed by atoms with Crippen molar-refractivity contribution in [2.75, 3.05) is 6.54 Å². The summed E-state index contributed by atoms with van der Waals surface area (Å²) in [6.07, 6.45) is 2.31. The molecule has 0 radical (unpaired) electrons. The highest BCUT2D eigenvalue weighted by Gasteiger charge is 2.11. The number of carboxylic acids is 1. The minimum absolute atomic E-state index is 0. The van der Waals surface area contributed by atoms with Gasteiger partial charge >= 0.3 is 5.97 Å². The van der Waals surface area contributed by atoms with E-state index in [1.165, 1.54) is 18.2 Å². The van der Waals surface area contributed by atoms with Gasteiger partial charge in [0.05, 0.1) is 5.02 Å². The lowest BCUT2D eigenvalue weighted by atomic mass is 10.2. The quantitative estimate of drug-likeness (QED) is 0.721. The first kappa shape index (κ1) is 18.1. The molecule has 1 aromatic carbocycles. The Morgan fingerprint density at radius 2 is 2.15 bits per heavy atom. The summed E-state index contributed by atoms with van der Waals surface area (Å²) >= 11 is 5.58. The summed E-state index contributed by atoms with van der Waals surface area (Å²) in [5.74, 6) is -2.42. The molecule has 0 bridgehead atoms. The summed E-state index contributed by atoms with van der Waals surface area (Å²) in [7, 11) is 0. The fourth-order valence-electron chi connectivity index (χ4n) is 1.17. The molecule has 1 aromatic rings. The van der Waals surface area contributed by atoms with Gasteiger partial charge in [-0.05, 0) is 12.1 Å². The van der Waals surface area contributed by atoms with E-state index in [4.69, 9.17) is 22.4 Å². The van der Waals surface area contributed by atoms with Crippen molar-refractivity contribution in [3.8, 4) is 0 Å². The molecule has 1 rings (SSSR count). The maximum absolute atomic E-state index is 13.5. The van der Waals surface area contributed by atoms with Crippen molar-refractivity contribution >= 4 is 29.6 Å². The Bertz CT molecular complexity index is 520. The molecule has 110 valence electrons. The molecule has 0 aliphatic rings. The maximum Gasteiger partial charge on any atom is 0.322 e. The van der Waals surface area contributed by atoms with Gasteiger partial charge in [-0.2, -0.15) is 0 Å². The van der Waals surface area contributed by atoms with Gasteiger partial charge in [0, 0.05) is 18.2 Å². The Hall–Kier alpha value is -1.92. The standard InChI is InChI=1S/C12H12ClFN2O3.CH4/c13-8-3-1-2-7(11(8)14)4-5-10(17)16-6-9(15)12(18)19;/h1-5,9H,6,15H2,(H,16,17)(H,18,19);1H4/b5-4+;/t9-;/m0./s1. The first-order valence-corrected chi connectivity index (χ1v) is 5.68. The highest BCUT2D eigenvalue weighted by atomic mass is 35.5. The fraction of sp³-hybridized carbons (Fsp3) is 0.231. The van der Waals surface area contributed by atoms with E-state index in [1.807, 2.05) is 0 Å². The third kappa shape index (κ3) is 5.38. The van der Waals surface area contributed by atoms with E-state index in [2.05, 4.69) is 5.32 Å². The Labute approximate surface area is 121 Å². The van der Waals surface area contributed by atoms with Crippen molar-refractivity contribution in [2.24, 2.45) is 5.73 Å². The Kier molecular flexibility index (Phi) is 7.49. The number of carbonyl (C=O) groups is 2. The first-order chi connectivity index (χ1) is 8.91. The molecular weight excluding hydrogens is 287 g/mol. The summed E-state index contributed by atoms with van der Waals surface area (Å²) in [5, 5.41) is 10.7. The number of hydrogen-bond donors (Lipinski definition) is 3.